The van der Waals surface area contributed by atoms with Gasteiger partial charge in [0.15, 0.2) is 0 Å². The molecular formula is C25H33BrO7. The molecule has 2 N–H and O–H groups in total. The van der Waals surface area contributed by atoms with Crippen molar-refractivity contribution >= 4 is 34.2 Å². The molecule has 4 saturated carbocycles. The molecule has 0 aromatic rings. The number of carbonyl (C=O) groups is 3. The molecule has 0 amide bonds. The number of cyclic esters (lactones) is 1. The predicted octanol–water partition coefficient (Wildman–Crippen LogP) is 2.84. The highest BCUT2D eigenvalue weighted by Crippen LogP contribution is 2.70. The van der Waals surface area contributed by atoms with E-state index in [4.69, 9.17) is 9.47 Å². The van der Waals surface area contributed by atoms with Crippen molar-refractivity contribution in [2.75, 3.05) is 11.9 Å². The van der Waals surface area contributed by atoms with Crippen LogP contribution in [0.3, 0.4) is 0 Å². The Bertz CT molecular complexity index is 903. The van der Waals surface area contributed by atoms with Crippen molar-refractivity contribution < 1.29 is 34.1 Å². The van der Waals surface area contributed by atoms with Gasteiger partial charge in [0, 0.05) is 17.9 Å². The van der Waals surface area contributed by atoms with E-state index in [1.165, 1.54) is 0 Å². The van der Waals surface area contributed by atoms with Crippen molar-refractivity contribution in [2.24, 2.45) is 28.6 Å². The molecule has 33 heavy (non-hydrogen) atoms. The first-order valence-corrected chi connectivity index (χ1v) is 13.3. The summed E-state index contributed by atoms with van der Waals surface area (Å²) in [6, 6.07) is 0. The standard InChI is InChI=1S/C25H33BrO7/c1-22-6-3-18-19(25(22,31)9-5-17(22)15-10-20(28)32-13-15)4-8-24(30)11-16(33-21(29)12-26)2-7-23(18,24)14-27/h10,14,16-19,30-31H,2-9,11-13H2,1H3/t16-,17-,18-,19+,22-,23+,24+,25-/m1/s1. The number of esters is 2. The van der Waals surface area contributed by atoms with Crippen molar-refractivity contribution in [2.45, 2.75) is 82.0 Å². The minimum absolute atomic E-state index is 0.0855. The molecule has 4 aliphatic carbocycles. The van der Waals surface area contributed by atoms with Crippen molar-refractivity contribution in [1.29, 1.82) is 0 Å². The summed E-state index contributed by atoms with van der Waals surface area (Å²) in [6.45, 7) is 2.44. The van der Waals surface area contributed by atoms with E-state index in [-0.39, 0.29) is 41.4 Å². The Morgan fingerprint density at radius 3 is 2.61 bits per heavy atom. The zero-order valence-corrected chi connectivity index (χ0v) is 20.6. The van der Waals surface area contributed by atoms with Gasteiger partial charge in [-0.3, -0.25) is 4.79 Å². The SMILES string of the molecule is C[C@]12CC[C@@H]3[C@H](CC[C@]4(O)C[C@H](OC(=O)CBr)CC[C@]34C=O)[C@]1(O)CC[C@@H]2C1=CC(=O)OC1. The number of rotatable bonds is 4. The molecule has 0 radical (unpaired) electrons. The molecule has 1 aliphatic heterocycles. The lowest BCUT2D eigenvalue weighted by Gasteiger charge is -2.65. The van der Waals surface area contributed by atoms with E-state index >= 15 is 0 Å². The number of aliphatic hydroxyl groups is 2. The van der Waals surface area contributed by atoms with Gasteiger partial charge < -0.3 is 24.5 Å². The van der Waals surface area contributed by atoms with Gasteiger partial charge >= 0.3 is 11.9 Å². The monoisotopic (exact) mass is 524 g/mol. The van der Waals surface area contributed by atoms with Crippen LogP contribution in [-0.4, -0.2) is 57.7 Å². The summed E-state index contributed by atoms with van der Waals surface area (Å²) in [5, 5.41) is 24.1. The second kappa shape index (κ2) is 7.89. The highest BCUT2D eigenvalue weighted by atomic mass is 79.9. The molecular weight excluding hydrogens is 492 g/mol. The lowest BCUT2D eigenvalue weighted by Crippen LogP contribution is -2.69. The van der Waals surface area contributed by atoms with Crippen LogP contribution in [0.5, 0.6) is 0 Å². The van der Waals surface area contributed by atoms with Crippen LogP contribution < -0.4 is 0 Å². The highest BCUT2D eigenvalue weighted by molar-refractivity contribution is 9.09. The van der Waals surface area contributed by atoms with Gasteiger partial charge in [0.25, 0.3) is 0 Å². The molecule has 0 bridgehead atoms. The van der Waals surface area contributed by atoms with E-state index in [9.17, 15) is 24.6 Å². The van der Waals surface area contributed by atoms with E-state index in [1.54, 1.807) is 6.08 Å². The zero-order valence-electron chi connectivity index (χ0n) is 19.1. The first-order chi connectivity index (χ1) is 15.6. The second-order valence-electron chi connectivity index (χ2n) is 11.2. The fourth-order valence-electron chi connectivity index (χ4n) is 8.64. The van der Waals surface area contributed by atoms with Crippen LogP contribution >= 0.6 is 15.9 Å². The fourth-order valence-corrected chi connectivity index (χ4v) is 8.77. The van der Waals surface area contributed by atoms with Crippen LogP contribution in [0.4, 0.5) is 0 Å². The molecule has 0 unspecified atom stereocenters. The molecule has 0 aromatic heterocycles. The van der Waals surface area contributed by atoms with Crippen molar-refractivity contribution in [3.63, 3.8) is 0 Å². The van der Waals surface area contributed by atoms with Gasteiger partial charge in [0.1, 0.15) is 24.3 Å². The van der Waals surface area contributed by atoms with Crippen LogP contribution in [0.1, 0.15) is 64.7 Å². The van der Waals surface area contributed by atoms with Gasteiger partial charge in [-0.25, -0.2) is 4.79 Å². The summed E-state index contributed by atoms with van der Waals surface area (Å²) < 4.78 is 10.7. The Morgan fingerprint density at radius 2 is 1.94 bits per heavy atom. The van der Waals surface area contributed by atoms with Crippen LogP contribution in [0, 0.1) is 28.6 Å². The lowest BCUT2D eigenvalue weighted by molar-refractivity contribution is -0.249. The average molecular weight is 525 g/mol. The third kappa shape index (κ3) is 3.16. The van der Waals surface area contributed by atoms with Gasteiger partial charge in [0.05, 0.1) is 16.6 Å². The maximum atomic E-state index is 12.7. The quantitative estimate of drug-likeness (QED) is 0.330. The summed E-state index contributed by atoms with van der Waals surface area (Å²) in [7, 11) is 0. The Morgan fingerprint density at radius 1 is 1.18 bits per heavy atom. The Kier molecular flexibility index (Phi) is 5.61. The molecule has 8 atom stereocenters. The lowest BCUT2D eigenvalue weighted by atomic mass is 9.41. The first kappa shape index (κ1) is 23.5. The Labute approximate surface area is 202 Å². The van der Waals surface area contributed by atoms with E-state index < -0.39 is 28.1 Å². The molecule has 7 nitrogen and oxygen atoms in total. The van der Waals surface area contributed by atoms with Crippen LogP contribution in [0.15, 0.2) is 11.6 Å². The predicted molar refractivity (Wildman–Crippen MR) is 121 cm³/mol. The summed E-state index contributed by atoms with van der Waals surface area (Å²) in [5.74, 6) is -0.792. The smallest absolute Gasteiger partial charge is 0.331 e. The molecule has 0 spiro atoms. The minimum Gasteiger partial charge on any atom is -0.462 e. The van der Waals surface area contributed by atoms with Gasteiger partial charge in [-0.1, -0.05) is 22.9 Å². The molecule has 8 heteroatoms. The molecule has 4 fully saturated rings. The van der Waals surface area contributed by atoms with Crippen molar-refractivity contribution in [3.8, 4) is 0 Å². The zero-order chi connectivity index (χ0) is 23.6. The number of aldehydes is 1. The van der Waals surface area contributed by atoms with Crippen LogP contribution in [0.25, 0.3) is 0 Å². The third-order valence-electron chi connectivity index (χ3n) is 10.2. The van der Waals surface area contributed by atoms with E-state index in [0.29, 0.717) is 38.7 Å². The summed E-state index contributed by atoms with van der Waals surface area (Å²) >= 11 is 3.11. The Balaban J connectivity index is 1.44. The van der Waals surface area contributed by atoms with Crippen molar-refractivity contribution in [1.82, 2.24) is 0 Å². The summed E-state index contributed by atoms with van der Waals surface area (Å²) in [4.78, 5) is 36.2. The van der Waals surface area contributed by atoms with E-state index in [1.807, 2.05) is 0 Å². The number of hydrogen-bond donors (Lipinski definition) is 2. The van der Waals surface area contributed by atoms with Gasteiger partial charge in [-0.15, -0.1) is 0 Å². The molecule has 182 valence electrons. The van der Waals surface area contributed by atoms with E-state index in [0.717, 1.165) is 31.1 Å². The number of carbonyl (C=O) groups excluding carboxylic acids is 3. The molecule has 0 aromatic carbocycles. The summed E-state index contributed by atoms with van der Waals surface area (Å²) in [6.07, 6.45) is 7.33. The molecule has 5 rings (SSSR count). The van der Waals surface area contributed by atoms with Gasteiger partial charge in [-0.05, 0) is 74.7 Å². The summed E-state index contributed by atoms with van der Waals surface area (Å²) in [5.41, 5.74) is -2.54. The molecule has 5 aliphatic rings. The average Bonchev–Trinajstić information content (AvgIpc) is 3.33. The Hall–Kier alpha value is -1.25. The van der Waals surface area contributed by atoms with Gasteiger partial charge in [0.2, 0.25) is 0 Å². The van der Waals surface area contributed by atoms with Crippen LogP contribution in [0.2, 0.25) is 0 Å². The number of fused-ring (bicyclic) bond motifs is 5. The molecule has 0 saturated heterocycles. The number of ether oxygens (including phenoxy) is 2. The topological polar surface area (TPSA) is 110 Å². The van der Waals surface area contributed by atoms with Crippen LogP contribution in [-0.2, 0) is 23.9 Å². The largest absolute Gasteiger partial charge is 0.462 e. The van der Waals surface area contributed by atoms with E-state index in [2.05, 4.69) is 22.9 Å². The first-order valence-electron chi connectivity index (χ1n) is 12.2. The number of alkyl halides is 1. The number of hydrogen-bond acceptors (Lipinski definition) is 7. The van der Waals surface area contributed by atoms with Crippen molar-refractivity contribution in [3.05, 3.63) is 11.6 Å². The normalized spacial score (nSPS) is 48.7. The second-order valence-corrected chi connectivity index (χ2v) is 11.8. The molecule has 1 heterocycles. The number of halogens is 1. The van der Waals surface area contributed by atoms with Gasteiger partial charge in [-0.2, -0.15) is 0 Å². The fraction of sp³-hybridized carbons (Fsp3) is 0.800. The minimum atomic E-state index is -1.23. The maximum absolute atomic E-state index is 12.7. The third-order valence-corrected chi connectivity index (χ3v) is 10.7. The maximum Gasteiger partial charge on any atom is 0.331 e. The highest BCUT2D eigenvalue weighted by Gasteiger charge is 2.71.